The molecule has 0 heterocycles. The lowest BCUT2D eigenvalue weighted by Gasteiger charge is -2.14. The van der Waals surface area contributed by atoms with Crippen LogP contribution < -0.4 is 5.32 Å². The molecule has 86 valence electrons. The van der Waals surface area contributed by atoms with Gasteiger partial charge < -0.3 is 5.32 Å². The predicted molar refractivity (Wildman–Crippen MR) is 68.6 cm³/mol. The van der Waals surface area contributed by atoms with Crippen LogP contribution in [0.5, 0.6) is 0 Å². The average molecular weight is 284 g/mol. The Bertz CT molecular complexity index is 384. The molecule has 0 aliphatic rings. The molecular weight excluding hydrogens is 269 g/mol. The van der Waals surface area contributed by atoms with Crippen molar-refractivity contribution in [3.63, 3.8) is 0 Å². The number of unbranched alkanes of at least 4 members (excludes halogenated alkanes) is 1. The molecule has 1 rings (SSSR count). The molecule has 16 heavy (non-hydrogen) atoms. The van der Waals surface area contributed by atoms with E-state index < -0.39 is 0 Å². The molecule has 0 radical (unpaired) electrons. The SMILES string of the molecule is C#CCCCNC(C)c1cc(Br)ccc1F. The number of hydrogen-bond acceptors (Lipinski definition) is 1. The highest BCUT2D eigenvalue weighted by atomic mass is 79.9. The van der Waals surface area contributed by atoms with Crippen molar-refractivity contribution in [3.8, 4) is 12.3 Å². The van der Waals surface area contributed by atoms with E-state index in [0.717, 1.165) is 23.9 Å². The summed E-state index contributed by atoms with van der Waals surface area (Å²) in [5.74, 6) is 2.40. The molecule has 0 aromatic heterocycles. The topological polar surface area (TPSA) is 12.0 Å². The van der Waals surface area contributed by atoms with E-state index in [2.05, 4.69) is 27.2 Å². The second-order valence-corrected chi connectivity index (χ2v) is 4.56. The third-order valence-electron chi connectivity index (χ3n) is 2.37. The first-order valence-corrected chi connectivity index (χ1v) is 6.06. The monoisotopic (exact) mass is 283 g/mol. The number of rotatable bonds is 5. The largest absolute Gasteiger partial charge is 0.310 e. The maximum atomic E-state index is 13.5. The minimum absolute atomic E-state index is 0.00438. The van der Waals surface area contributed by atoms with Crippen molar-refractivity contribution in [2.24, 2.45) is 0 Å². The summed E-state index contributed by atoms with van der Waals surface area (Å²) in [4.78, 5) is 0. The number of benzene rings is 1. The molecule has 1 atom stereocenters. The molecule has 0 aliphatic carbocycles. The Kier molecular flexibility index (Phi) is 5.51. The van der Waals surface area contributed by atoms with Crippen LogP contribution in [0.2, 0.25) is 0 Å². The molecule has 0 aliphatic heterocycles. The Hall–Kier alpha value is -0.850. The Balaban J connectivity index is 2.55. The summed E-state index contributed by atoms with van der Waals surface area (Å²) >= 11 is 3.34. The van der Waals surface area contributed by atoms with E-state index in [4.69, 9.17) is 6.42 Å². The van der Waals surface area contributed by atoms with E-state index in [1.165, 1.54) is 6.07 Å². The molecule has 0 fully saturated rings. The van der Waals surface area contributed by atoms with Gasteiger partial charge in [-0.15, -0.1) is 12.3 Å². The van der Waals surface area contributed by atoms with Gasteiger partial charge in [0.1, 0.15) is 5.82 Å². The van der Waals surface area contributed by atoms with Gasteiger partial charge in [-0.05, 0) is 38.1 Å². The van der Waals surface area contributed by atoms with Crippen molar-refractivity contribution >= 4 is 15.9 Å². The van der Waals surface area contributed by atoms with Gasteiger partial charge >= 0.3 is 0 Å². The second-order valence-electron chi connectivity index (χ2n) is 3.65. The summed E-state index contributed by atoms with van der Waals surface area (Å²) in [7, 11) is 0. The van der Waals surface area contributed by atoms with Crippen molar-refractivity contribution in [1.29, 1.82) is 0 Å². The lowest BCUT2D eigenvalue weighted by Crippen LogP contribution is -2.20. The van der Waals surface area contributed by atoms with E-state index >= 15 is 0 Å². The van der Waals surface area contributed by atoms with Crippen LogP contribution >= 0.6 is 15.9 Å². The molecule has 0 bridgehead atoms. The summed E-state index contributed by atoms with van der Waals surface area (Å²) in [6.45, 7) is 2.75. The minimum Gasteiger partial charge on any atom is -0.310 e. The molecular formula is C13H15BrFN. The first kappa shape index (κ1) is 13.2. The van der Waals surface area contributed by atoms with Crippen LogP contribution in [0.25, 0.3) is 0 Å². The quantitative estimate of drug-likeness (QED) is 0.643. The predicted octanol–water partition coefficient (Wildman–Crippen LogP) is 3.65. The highest BCUT2D eigenvalue weighted by Gasteiger charge is 2.10. The molecule has 1 aromatic rings. The second kappa shape index (κ2) is 6.67. The van der Waals surface area contributed by atoms with E-state index in [-0.39, 0.29) is 11.9 Å². The molecule has 0 amide bonds. The van der Waals surface area contributed by atoms with Gasteiger partial charge in [0, 0.05) is 22.5 Å². The molecule has 1 nitrogen and oxygen atoms in total. The minimum atomic E-state index is -0.180. The molecule has 1 aromatic carbocycles. The van der Waals surface area contributed by atoms with Crippen LogP contribution in [0.1, 0.15) is 31.4 Å². The van der Waals surface area contributed by atoms with Crippen molar-refractivity contribution < 1.29 is 4.39 Å². The van der Waals surface area contributed by atoms with Gasteiger partial charge in [0.15, 0.2) is 0 Å². The zero-order valence-electron chi connectivity index (χ0n) is 9.26. The van der Waals surface area contributed by atoms with Gasteiger partial charge in [-0.2, -0.15) is 0 Å². The van der Waals surface area contributed by atoms with Crippen LogP contribution in [0.15, 0.2) is 22.7 Å². The number of terminal acetylenes is 1. The lowest BCUT2D eigenvalue weighted by atomic mass is 10.1. The summed E-state index contributed by atoms with van der Waals surface area (Å²) in [6.07, 6.45) is 6.82. The van der Waals surface area contributed by atoms with Crippen molar-refractivity contribution in [2.45, 2.75) is 25.8 Å². The highest BCUT2D eigenvalue weighted by Crippen LogP contribution is 2.21. The van der Waals surface area contributed by atoms with E-state index in [9.17, 15) is 4.39 Å². The van der Waals surface area contributed by atoms with Gasteiger partial charge in [0.05, 0.1) is 0 Å². The number of hydrogen-bond donors (Lipinski definition) is 1. The first-order chi connectivity index (χ1) is 7.65. The summed E-state index contributed by atoms with van der Waals surface area (Å²) < 4.78 is 14.4. The zero-order valence-corrected chi connectivity index (χ0v) is 10.8. The van der Waals surface area contributed by atoms with E-state index in [1.807, 2.05) is 6.92 Å². The lowest BCUT2D eigenvalue weighted by molar-refractivity contribution is 0.523. The smallest absolute Gasteiger partial charge is 0.128 e. The standard InChI is InChI=1S/C13H15BrFN/c1-3-4-5-8-16-10(2)12-9-11(14)6-7-13(12)15/h1,6-7,9-10,16H,4-5,8H2,2H3. The molecule has 0 saturated heterocycles. The van der Waals surface area contributed by atoms with Crippen LogP contribution in [-0.4, -0.2) is 6.54 Å². The Labute approximate surface area is 105 Å². The Morgan fingerprint density at radius 1 is 1.56 bits per heavy atom. The van der Waals surface area contributed by atoms with Gasteiger partial charge in [-0.3, -0.25) is 0 Å². The number of nitrogens with one attached hydrogen (secondary N) is 1. The van der Waals surface area contributed by atoms with E-state index in [1.54, 1.807) is 12.1 Å². The average Bonchev–Trinajstić information content (AvgIpc) is 2.27. The van der Waals surface area contributed by atoms with Gasteiger partial charge in [0.2, 0.25) is 0 Å². The summed E-state index contributed by atoms with van der Waals surface area (Å²) in [6, 6.07) is 4.96. The number of halogens is 2. The molecule has 0 spiro atoms. The maximum absolute atomic E-state index is 13.5. The normalized spacial score (nSPS) is 12.1. The molecule has 1 unspecified atom stereocenters. The van der Waals surface area contributed by atoms with Crippen LogP contribution in [-0.2, 0) is 0 Å². The fraction of sp³-hybridized carbons (Fsp3) is 0.385. The molecule has 1 N–H and O–H groups in total. The van der Waals surface area contributed by atoms with E-state index in [0.29, 0.717) is 5.56 Å². The first-order valence-electron chi connectivity index (χ1n) is 5.27. The fourth-order valence-corrected chi connectivity index (χ4v) is 1.84. The van der Waals surface area contributed by atoms with Crippen molar-refractivity contribution in [2.75, 3.05) is 6.54 Å². The van der Waals surface area contributed by atoms with Crippen LogP contribution in [0.3, 0.4) is 0 Å². The van der Waals surface area contributed by atoms with Gasteiger partial charge in [-0.25, -0.2) is 4.39 Å². The van der Waals surface area contributed by atoms with Crippen molar-refractivity contribution in [1.82, 2.24) is 5.32 Å². The fourth-order valence-electron chi connectivity index (χ4n) is 1.47. The highest BCUT2D eigenvalue weighted by molar-refractivity contribution is 9.10. The Morgan fingerprint density at radius 3 is 3.00 bits per heavy atom. The third-order valence-corrected chi connectivity index (χ3v) is 2.87. The summed E-state index contributed by atoms with van der Waals surface area (Å²) in [5.41, 5.74) is 0.676. The maximum Gasteiger partial charge on any atom is 0.128 e. The molecule has 0 saturated carbocycles. The Morgan fingerprint density at radius 2 is 2.31 bits per heavy atom. The zero-order chi connectivity index (χ0) is 12.0. The summed E-state index contributed by atoms with van der Waals surface area (Å²) in [5, 5.41) is 3.25. The van der Waals surface area contributed by atoms with Crippen LogP contribution in [0.4, 0.5) is 4.39 Å². The van der Waals surface area contributed by atoms with Gasteiger partial charge in [-0.1, -0.05) is 15.9 Å². The van der Waals surface area contributed by atoms with Gasteiger partial charge in [0.25, 0.3) is 0 Å². The molecule has 3 heteroatoms. The van der Waals surface area contributed by atoms with Crippen molar-refractivity contribution in [3.05, 3.63) is 34.1 Å². The van der Waals surface area contributed by atoms with Crippen LogP contribution in [0, 0.1) is 18.2 Å². The third kappa shape index (κ3) is 3.96.